The van der Waals surface area contributed by atoms with Crippen LogP contribution in [0.3, 0.4) is 0 Å². The Morgan fingerprint density at radius 2 is 2.00 bits per heavy atom. The molecule has 8 heteroatoms. The van der Waals surface area contributed by atoms with Crippen LogP contribution in [0.15, 0.2) is 18.2 Å². The van der Waals surface area contributed by atoms with E-state index in [1.165, 1.54) is 12.1 Å². The molecule has 1 aliphatic rings. The Bertz CT molecular complexity index is 811. The number of hydrogen-bond donors (Lipinski definition) is 2. The Morgan fingerprint density at radius 3 is 2.67 bits per heavy atom. The lowest BCUT2D eigenvalue weighted by molar-refractivity contribution is 0.134. The van der Waals surface area contributed by atoms with Crippen LogP contribution in [-0.4, -0.2) is 35.8 Å². The van der Waals surface area contributed by atoms with E-state index in [2.05, 4.69) is 14.7 Å². The highest BCUT2D eigenvalue weighted by Crippen LogP contribution is 2.25. The minimum absolute atomic E-state index is 0.0183. The first-order valence-electron chi connectivity index (χ1n) is 8.16. The van der Waals surface area contributed by atoms with Crippen molar-refractivity contribution in [2.24, 2.45) is 0 Å². The van der Waals surface area contributed by atoms with E-state index in [4.69, 9.17) is 4.74 Å². The van der Waals surface area contributed by atoms with E-state index in [9.17, 15) is 12.8 Å². The number of sulfonamides is 1. The number of aromatic nitrogens is 2. The maximum absolute atomic E-state index is 13.2. The zero-order chi connectivity index (χ0) is 17.3. The zero-order valence-electron chi connectivity index (χ0n) is 13.8. The number of benzene rings is 1. The number of ether oxygens (including phenoxy) is 1. The van der Waals surface area contributed by atoms with Gasteiger partial charge < -0.3 is 9.72 Å². The summed E-state index contributed by atoms with van der Waals surface area (Å²) in [5.41, 5.74) is 1.26. The molecule has 2 N–H and O–H groups in total. The maximum atomic E-state index is 13.2. The van der Waals surface area contributed by atoms with Gasteiger partial charge in [0.25, 0.3) is 6.01 Å². The van der Waals surface area contributed by atoms with Crippen LogP contribution >= 0.6 is 0 Å². The Morgan fingerprint density at radius 1 is 1.29 bits per heavy atom. The van der Waals surface area contributed by atoms with Crippen molar-refractivity contribution in [3.05, 3.63) is 24.0 Å². The second-order valence-electron chi connectivity index (χ2n) is 6.51. The number of nitrogens with one attached hydrogen (secondary N) is 2. The van der Waals surface area contributed by atoms with Crippen LogP contribution in [-0.2, 0) is 10.0 Å². The molecule has 0 saturated heterocycles. The van der Waals surface area contributed by atoms with Crippen molar-refractivity contribution in [1.82, 2.24) is 14.7 Å². The van der Waals surface area contributed by atoms with Crippen molar-refractivity contribution in [2.45, 2.75) is 56.9 Å². The molecule has 6 nitrogen and oxygen atoms in total. The molecule has 0 unspecified atom stereocenters. The SMILES string of the molecule is CC(C)S(=O)(=O)NC1CCC(Oc2nc3ccc(F)cc3[nH]2)CC1. The van der Waals surface area contributed by atoms with Gasteiger partial charge in [0, 0.05) is 6.04 Å². The molecule has 0 aliphatic heterocycles. The predicted octanol–water partition coefficient (Wildman–Crippen LogP) is 2.72. The summed E-state index contributed by atoms with van der Waals surface area (Å²) in [7, 11) is -3.24. The summed E-state index contributed by atoms with van der Waals surface area (Å²) in [4.78, 5) is 7.26. The van der Waals surface area contributed by atoms with Crippen LogP contribution in [0.5, 0.6) is 6.01 Å². The lowest BCUT2D eigenvalue weighted by Gasteiger charge is -2.29. The molecular weight excluding hydrogens is 333 g/mol. The van der Waals surface area contributed by atoms with Crippen molar-refractivity contribution in [3.8, 4) is 6.01 Å². The van der Waals surface area contributed by atoms with Gasteiger partial charge in [-0.15, -0.1) is 0 Å². The average molecular weight is 355 g/mol. The third kappa shape index (κ3) is 3.87. The Kier molecular flexibility index (Phi) is 4.78. The van der Waals surface area contributed by atoms with Gasteiger partial charge in [0.05, 0.1) is 16.3 Å². The molecule has 1 aromatic carbocycles. The van der Waals surface area contributed by atoms with Gasteiger partial charge in [0.1, 0.15) is 11.9 Å². The number of halogens is 1. The highest BCUT2D eigenvalue weighted by atomic mass is 32.2. The Labute approximate surface area is 140 Å². The fraction of sp³-hybridized carbons (Fsp3) is 0.562. The van der Waals surface area contributed by atoms with Crippen molar-refractivity contribution in [3.63, 3.8) is 0 Å². The third-order valence-electron chi connectivity index (χ3n) is 4.33. The van der Waals surface area contributed by atoms with E-state index in [1.807, 2.05) is 0 Å². The highest BCUT2D eigenvalue weighted by molar-refractivity contribution is 7.90. The second-order valence-corrected chi connectivity index (χ2v) is 8.78. The predicted molar refractivity (Wildman–Crippen MR) is 89.9 cm³/mol. The van der Waals surface area contributed by atoms with Gasteiger partial charge in [-0.3, -0.25) is 0 Å². The fourth-order valence-electron chi connectivity index (χ4n) is 2.84. The van der Waals surface area contributed by atoms with Crippen molar-refractivity contribution >= 4 is 21.1 Å². The number of imidazole rings is 1. The van der Waals surface area contributed by atoms with E-state index in [0.29, 0.717) is 17.0 Å². The van der Waals surface area contributed by atoms with Gasteiger partial charge >= 0.3 is 0 Å². The largest absolute Gasteiger partial charge is 0.461 e. The maximum Gasteiger partial charge on any atom is 0.294 e. The molecule has 1 saturated carbocycles. The molecule has 24 heavy (non-hydrogen) atoms. The Hall–Kier alpha value is -1.67. The summed E-state index contributed by atoms with van der Waals surface area (Å²) in [6.45, 7) is 3.34. The number of hydrogen-bond acceptors (Lipinski definition) is 4. The molecule has 1 aliphatic carbocycles. The molecule has 2 aromatic rings. The summed E-state index contributed by atoms with van der Waals surface area (Å²) in [5, 5.41) is -0.428. The van der Waals surface area contributed by atoms with Gasteiger partial charge in [-0.05, 0) is 57.7 Å². The minimum Gasteiger partial charge on any atom is -0.461 e. The van der Waals surface area contributed by atoms with Crippen molar-refractivity contribution < 1.29 is 17.5 Å². The van der Waals surface area contributed by atoms with E-state index < -0.39 is 15.3 Å². The lowest BCUT2D eigenvalue weighted by Crippen LogP contribution is -2.42. The topological polar surface area (TPSA) is 84.1 Å². The summed E-state index contributed by atoms with van der Waals surface area (Å²) >= 11 is 0. The molecule has 1 fully saturated rings. The highest BCUT2D eigenvalue weighted by Gasteiger charge is 2.27. The quantitative estimate of drug-likeness (QED) is 0.864. The molecule has 3 rings (SSSR count). The van der Waals surface area contributed by atoms with Gasteiger partial charge in [-0.1, -0.05) is 0 Å². The summed E-state index contributed by atoms with van der Waals surface area (Å²) < 4.78 is 45.6. The van der Waals surface area contributed by atoms with E-state index in [0.717, 1.165) is 25.7 Å². The van der Waals surface area contributed by atoms with Crippen LogP contribution in [0.1, 0.15) is 39.5 Å². The molecule has 1 aromatic heterocycles. The summed E-state index contributed by atoms with van der Waals surface area (Å²) in [6.07, 6.45) is 2.93. The molecule has 0 atom stereocenters. The van der Waals surface area contributed by atoms with Crippen LogP contribution in [0.4, 0.5) is 4.39 Å². The number of aromatic amines is 1. The Balaban J connectivity index is 1.57. The van der Waals surface area contributed by atoms with Gasteiger partial charge in [0.15, 0.2) is 0 Å². The van der Waals surface area contributed by atoms with Crippen LogP contribution in [0.25, 0.3) is 11.0 Å². The molecule has 0 radical (unpaired) electrons. The number of nitrogens with zero attached hydrogens (tertiary/aromatic N) is 1. The van der Waals surface area contributed by atoms with Gasteiger partial charge in [-0.2, -0.15) is 4.98 Å². The first-order chi connectivity index (χ1) is 11.3. The van der Waals surface area contributed by atoms with Crippen LogP contribution in [0, 0.1) is 5.82 Å². The second kappa shape index (κ2) is 6.68. The van der Waals surface area contributed by atoms with E-state index >= 15 is 0 Å². The molecule has 132 valence electrons. The normalized spacial score (nSPS) is 22.2. The first-order valence-corrected chi connectivity index (χ1v) is 9.71. The van der Waals surface area contributed by atoms with Gasteiger partial charge in [0.2, 0.25) is 10.0 Å². The molecule has 1 heterocycles. The van der Waals surface area contributed by atoms with Gasteiger partial charge in [-0.25, -0.2) is 17.5 Å². The average Bonchev–Trinajstić information content (AvgIpc) is 2.90. The minimum atomic E-state index is -3.24. The number of rotatable bonds is 5. The molecule has 0 spiro atoms. The van der Waals surface area contributed by atoms with Crippen molar-refractivity contribution in [1.29, 1.82) is 0 Å². The molecular formula is C16H22FN3O3S. The smallest absolute Gasteiger partial charge is 0.294 e. The number of H-pyrrole nitrogens is 1. The number of fused-ring (bicyclic) bond motifs is 1. The summed E-state index contributed by atoms with van der Waals surface area (Å²) in [6, 6.07) is 4.68. The van der Waals surface area contributed by atoms with Crippen molar-refractivity contribution in [2.75, 3.05) is 0 Å². The molecule has 0 bridgehead atoms. The van der Waals surface area contributed by atoms with Crippen LogP contribution in [0.2, 0.25) is 0 Å². The van der Waals surface area contributed by atoms with E-state index in [-0.39, 0.29) is 18.0 Å². The third-order valence-corrected chi connectivity index (χ3v) is 6.23. The summed E-state index contributed by atoms with van der Waals surface area (Å²) in [5.74, 6) is -0.323. The lowest BCUT2D eigenvalue weighted by atomic mass is 9.94. The van der Waals surface area contributed by atoms with E-state index in [1.54, 1.807) is 19.9 Å². The standard InChI is InChI=1S/C16H22FN3O3S/c1-10(2)24(21,22)20-12-4-6-13(7-5-12)23-16-18-14-8-3-11(17)9-15(14)19-16/h3,8-10,12-13,20H,4-7H2,1-2H3,(H,18,19). The fourth-order valence-corrected chi connectivity index (χ4v) is 3.81. The zero-order valence-corrected chi connectivity index (χ0v) is 14.6. The first kappa shape index (κ1) is 17.2. The van der Waals surface area contributed by atoms with Crippen LogP contribution < -0.4 is 9.46 Å². The monoisotopic (exact) mass is 355 g/mol. The molecule has 0 amide bonds.